The van der Waals surface area contributed by atoms with E-state index in [1.54, 1.807) is 43.2 Å². The summed E-state index contributed by atoms with van der Waals surface area (Å²) in [7, 11) is 0. The van der Waals surface area contributed by atoms with Crippen molar-refractivity contribution in [2.75, 3.05) is 5.32 Å². The monoisotopic (exact) mass is 319 g/mol. The predicted octanol–water partition coefficient (Wildman–Crippen LogP) is 2.41. The van der Waals surface area contributed by atoms with Gasteiger partial charge < -0.3 is 10.6 Å². The van der Waals surface area contributed by atoms with Crippen LogP contribution in [0, 0.1) is 0 Å². The molecule has 6 heteroatoms. The first-order valence-corrected chi connectivity index (χ1v) is 7.56. The molecule has 3 heterocycles. The molecule has 0 bridgehead atoms. The van der Waals surface area contributed by atoms with Crippen molar-refractivity contribution in [2.24, 2.45) is 0 Å². The number of pyridine rings is 3. The molecule has 0 radical (unpaired) electrons. The Hall–Kier alpha value is -3.28. The maximum absolute atomic E-state index is 12.2. The summed E-state index contributed by atoms with van der Waals surface area (Å²) < 4.78 is 0. The van der Waals surface area contributed by atoms with Crippen LogP contribution in [0.4, 0.5) is 5.69 Å². The van der Waals surface area contributed by atoms with Crippen molar-refractivity contribution >= 4 is 11.6 Å². The zero-order valence-corrected chi connectivity index (χ0v) is 13.0. The Labute approximate surface area is 140 Å². The van der Waals surface area contributed by atoms with Crippen LogP contribution in [0.1, 0.15) is 21.5 Å². The molecule has 0 spiro atoms. The molecule has 0 aromatic carbocycles. The summed E-state index contributed by atoms with van der Waals surface area (Å²) in [4.78, 5) is 24.3. The van der Waals surface area contributed by atoms with Gasteiger partial charge in [0, 0.05) is 50.3 Å². The number of rotatable bonds is 6. The predicted molar refractivity (Wildman–Crippen MR) is 91.2 cm³/mol. The number of hydrogen-bond donors (Lipinski definition) is 2. The molecule has 0 atom stereocenters. The standard InChI is InChI=1S/C18H17N5O/c24-18(23-11-15-3-7-20-8-4-15)16-9-17(13-21-12-16)22-10-14-1-5-19-6-2-14/h1-9,12-13,22H,10-11H2,(H,23,24). The van der Waals surface area contributed by atoms with Gasteiger partial charge in [-0.3, -0.25) is 19.7 Å². The number of aromatic nitrogens is 3. The first-order chi connectivity index (χ1) is 11.8. The molecule has 6 nitrogen and oxygen atoms in total. The van der Waals surface area contributed by atoms with Crippen LogP contribution in [-0.4, -0.2) is 20.9 Å². The van der Waals surface area contributed by atoms with Crippen molar-refractivity contribution in [3.63, 3.8) is 0 Å². The fourth-order valence-corrected chi connectivity index (χ4v) is 2.15. The number of nitrogens with zero attached hydrogens (tertiary/aromatic N) is 3. The van der Waals surface area contributed by atoms with Crippen molar-refractivity contribution in [3.05, 3.63) is 84.2 Å². The van der Waals surface area contributed by atoms with Crippen LogP contribution >= 0.6 is 0 Å². The molecule has 3 aromatic heterocycles. The van der Waals surface area contributed by atoms with Gasteiger partial charge in [0.15, 0.2) is 0 Å². The normalized spacial score (nSPS) is 10.2. The van der Waals surface area contributed by atoms with Crippen LogP contribution in [0.2, 0.25) is 0 Å². The fraction of sp³-hybridized carbons (Fsp3) is 0.111. The van der Waals surface area contributed by atoms with E-state index in [4.69, 9.17) is 0 Å². The van der Waals surface area contributed by atoms with Gasteiger partial charge in [-0.1, -0.05) is 0 Å². The molecule has 0 aliphatic rings. The summed E-state index contributed by atoms with van der Waals surface area (Å²) in [5.74, 6) is -0.160. The third kappa shape index (κ3) is 4.36. The molecule has 1 amide bonds. The lowest BCUT2D eigenvalue weighted by Crippen LogP contribution is -2.23. The molecule has 24 heavy (non-hydrogen) atoms. The number of carbonyl (C=O) groups is 1. The maximum Gasteiger partial charge on any atom is 0.253 e. The zero-order valence-electron chi connectivity index (χ0n) is 13.0. The van der Waals surface area contributed by atoms with E-state index in [0.717, 1.165) is 16.8 Å². The molecule has 0 fully saturated rings. The smallest absolute Gasteiger partial charge is 0.253 e. The van der Waals surface area contributed by atoms with E-state index in [1.807, 2.05) is 24.3 Å². The minimum Gasteiger partial charge on any atom is -0.380 e. The Bertz CT molecular complexity index is 793. The average Bonchev–Trinajstić information content (AvgIpc) is 2.66. The first-order valence-electron chi connectivity index (χ1n) is 7.56. The highest BCUT2D eigenvalue weighted by Gasteiger charge is 2.07. The van der Waals surface area contributed by atoms with Gasteiger partial charge in [0.2, 0.25) is 0 Å². The number of amides is 1. The Morgan fingerprint density at radius 1 is 0.833 bits per heavy atom. The van der Waals surface area contributed by atoms with Crippen LogP contribution in [0.3, 0.4) is 0 Å². The third-order valence-corrected chi connectivity index (χ3v) is 3.45. The quantitative estimate of drug-likeness (QED) is 0.729. The Balaban J connectivity index is 1.59. The summed E-state index contributed by atoms with van der Waals surface area (Å²) in [6.07, 6.45) is 10.1. The van der Waals surface area contributed by atoms with Gasteiger partial charge in [-0.15, -0.1) is 0 Å². The van der Waals surface area contributed by atoms with E-state index in [1.165, 1.54) is 0 Å². The highest BCUT2D eigenvalue weighted by atomic mass is 16.1. The van der Waals surface area contributed by atoms with Crippen LogP contribution < -0.4 is 10.6 Å². The van der Waals surface area contributed by atoms with Crippen molar-refractivity contribution in [3.8, 4) is 0 Å². The van der Waals surface area contributed by atoms with Crippen LogP contribution in [0.15, 0.2) is 67.5 Å². The average molecular weight is 319 g/mol. The number of hydrogen-bond acceptors (Lipinski definition) is 5. The molecule has 2 N–H and O–H groups in total. The Morgan fingerprint density at radius 2 is 1.46 bits per heavy atom. The fourth-order valence-electron chi connectivity index (χ4n) is 2.15. The van der Waals surface area contributed by atoms with Crippen molar-refractivity contribution < 1.29 is 4.79 Å². The lowest BCUT2D eigenvalue weighted by Gasteiger charge is -2.09. The van der Waals surface area contributed by atoms with E-state index >= 15 is 0 Å². The summed E-state index contributed by atoms with van der Waals surface area (Å²) in [6, 6.07) is 9.39. The second-order valence-corrected chi connectivity index (χ2v) is 5.21. The Kier molecular flexibility index (Phi) is 5.09. The van der Waals surface area contributed by atoms with Gasteiger partial charge in [-0.2, -0.15) is 0 Å². The minimum absolute atomic E-state index is 0.160. The van der Waals surface area contributed by atoms with E-state index < -0.39 is 0 Å². The van der Waals surface area contributed by atoms with Crippen molar-refractivity contribution in [1.29, 1.82) is 0 Å². The highest BCUT2D eigenvalue weighted by molar-refractivity contribution is 5.94. The number of carbonyl (C=O) groups excluding carboxylic acids is 1. The van der Waals surface area contributed by atoms with Gasteiger partial charge in [0.05, 0.1) is 11.3 Å². The van der Waals surface area contributed by atoms with E-state index in [2.05, 4.69) is 25.6 Å². The minimum atomic E-state index is -0.160. The summed E-state index contributed by atoms with van der Waals surface area (Å²) >= 11 is 0. The summed E-state index contributed by atoms with van der Waals surface area (Å²) in [5, 5.41) is 6.12. The molecule has 0 saturated carbocycles. The zero-order chi connectivity index (χ0) is 16.6. The number of nitrogens with one attached hydrogen (secondary N) is 2. The van der Waals surface area contributed by atoms with E-state index in [9.17, 15) is 4.79 Å². The van der Waals surface area contributed by atoms with Crippen LogP contribution in [-0.2, 0) is 13.1 Å². The van der Waals surface area contributed by atoms with Crippen molar-refractivity contribution in [1.82, 2.24) is 20.3 Å². The third-order valence-electron chi connectivity index (χ3n) is 3.45. The molecule has 0 unspecified atom stereocenters. The highest BCUT2D eigenvalue weighted by Crippen LogP contribution is 2.10. The molecule has 0 aliphatic carbocycles. The molecule has 3 aromatic rings. The van der Waals surface area contributed by atoms with E-state index in [0.29, 0.717) is 18.7 Å². The molecule has 0 aliphatic heterocycles. The molecule has 0 saturated heterocycles. The van der Waals surface area contributed by atoms with E-state index in [-0.39, 0.29) is 5.91 Å². The molecule has 120 valence electrons. The lowest BCUT2D eigenvalue weighted by atomic mass is 10.2. The Morgan fingerprint density at radius 3 is 2.12 bits per heavy atom. The van der Waals surface area contributed by atoms with Gasteiger partial charge in [-0.25, -0.2) is 0 Å². The molecular weight excluding hydrogens is 302 g/mol. The second kappa shape index (κ2) is 7.82. The van der Waals surface area contributed by atoms with Crippen molar-refractivity contribution in [2.45, 2.75) is 13.1 Å². The SMILES string of the molecule is O=C(NCc1ccncc1)c1cncc(NCc2ccncc2)c1. The molecular formula is C18H17N5O. The lowest BCUT2D eigenvalue weighted by molar-refractivity contribution is 0.0950. The van der Waals surface area contributed by atoms with Gasteiger partial charge >= 0.3 is 0 Å². The first kappa shape index (κ1) is 15.6. The number of anilines is 1. The van der Waals surface area contributed by atoms with Crippen LogP contribution in [0.5, 0.6) is 0 Å². The summed E-state index contributed by atoms with van der Waals surface area (Å²) in [6.45, 7) is 1.10. The topological polar surface area (TPSA) is 79.8 Å². The summed E-state index contributed by atoms with van der Waals surface area (Å²) in [5.41, 5.74) is 3.42. The van der Waals surface area contributed by atoms with Gasteiger partial charge in [-0.05, 0) is 41.5 Å². The second-order valence-electron chi connectivity index (χ2n) is 5.21. The van der Waals surface area contributed by atoms with Crippen LogP contribution in [0.25, 0.3) is 0 Å². The maximum atomic E-state index is 12.2. The largest absolute Gasteiger partial charge is 0.380 e. The molecule has 3 rings (SSSR count). The van der Waals surface area contributed by atoms with Gasteiger partial charge in [0.25, 0.3) is 5.91 Å². The van der Waals surface area contributed by atoms with Gasteiger partial charge in [0.1, 0.15) is 0 Å².